The molecule has 1 N–H and O–H groups in total. The van der Waals surface area contributed by atoms with Crippen molar-refractivity contribution in [3.8, 4) is 0 Å². The lowest BCUT2D eigenvalue weighted by Gasteiger charge is -2.39. The van der Waals surface area contributed by atoms with Gasteiger partial charge in [0.1, 0.15) is 12.1 Å². The monoisotopic (exact) mass is 410 g/mol. The first kappa shape index (κ1) is 21.1. The van der Waals surface area contributed by atoms with Gasteiger partial charge in [0.2, 0.25) is 0 Å². The van der Waals surface area contributed by atoms with E-state index in [9.17, 15) is 0 Å². The van der Waals surface area contributed by atoms with Crippen LogP contribution in [-0.2, 0) is 9.47 Å². The number of aromatic nitrogens is 2. The molecule has 0 spiro atoms. The second-order valence-corrected chi connectivity index (χ2v) is 8.32. The highest BCUT2D eigenvalue weighted by Gasteiger charge is 2.27. The third kappa shape index (κ3) is 5.49. The normalized spacial score (nSPS) is 23.1. The van der Waals surface area contributed by atoms with E-state index >= 15 is 0 Å². The van der Waals surface area contributed by atoms with E-state index in [0.717, 1.165) is 68.0 Å². The van der Waals surface area contributed by atoms with Crippen LogP contribution in [0.4, 0.5) is 5.82 Å². The van der Waals surface area contributed by atoms with E-state index < -0.39 is 0 Å². The van der Waals surface area contributed by atoms with Crippen molar-refractivity contribution < 1.29 is 9.47 Å². The maximum atomic E-state index is 5.56. The van der Waals surface area contributed by atoms with Crippen molar-refractivity contribution in [1.29, 1.82) is 0 Å². The molecule has 1 aliphatic heterocycles. The van der Waals surface area contributed by atoms with Crippen LogP contribution < -0.4 is 5.32 Å². The number of hydrogen-bond donors (Lipinski definition) is 1. The molecular formula is C24H34N4O2. The Morgan fingerprint density at radius 2 is 2.00 bits per heavy atom. The summed E-state index contributed by atoms with van der Waals surface area (Å²) in [7, 11) is 0. The molecule has 1 aromatic carbocycles. The fraction of sp³-hybridized carbons (Fsp3) is 0.583. The van der Waals surface area contributed by atoms with E-state index in [2.05, 4.69) is 45.3 Å². The van der Waals surface area contributed by atoms with Gasteiger partial charge in [-0.15, -0.1) is 0 Å². The van der Waals surface area contributed by atoms with Crippen LogP contribution in [0.25, 0.3) is 17.0 Å². The van der Waals surface area contributed by atoms with Gasteiger partial charge in [-0.2, -0.15) is 0 Å². The molecule has 0 atom stereocenters. The smallest absolute Gasteiger partial charge is 0.137 e. The van der Waals surface area contributed by atoms with Gasteiger partial charge in [0, 0.05) is 30.6 Å². The summed E-state index contributed by atoms with van der Waals surface area (Å²) in [6.07, 6.45) is 12.5. The van der Waals surface area contributed by atoms with Crippen molar-refractivity contribution in [1.82, 2.24) is 14.9 Å². The summed E-state index contributed by atoms with van der Waals surface area (Å²) in [6, 6.07) is 7.46. The maximum absolute atomic E-state index is 5.56. The summed E-state index contributed by atoms with van der Waals surface area (Å²) in [5.41, 5.74) is 2.08. The van der Waals surface area contributed by atoms with E-state index in [-0.39, 0.29) is 0 Å². The fourth-order valence-electron chi connectivity index (χ4n) is 4.44. The van der Waals surface area contributed by atoms with Crippen molar-refractivity contribution in [2.45, 2.75) is 57.5 Å². The van der Waals surface area contributed by atoms with Crippen molar-refractivity contribution >= 4 is 22.8 Å². The van der Waals surface area contributed by atoms with E-state index in [4.69, 9.17) is 9.47 Å². The van der Waals surface area contributed by atoms with Crippen molar-refractivity contribution in [3.63, 3.8) is 0 Å². The molecule has 1 saturated carbocycles. The molecule has 2 heterocycles. The van der Waals surface area contributed by atoms with Crippen LogP contribution in [0.15, 0.2) is 30.8 Å². The van der Waals surface area contributed by atoms with E-state index in [0.29, 0.717) is 12.1 Å². The number of anilines is 1. The fourth-order valence-corrected chi connectivity index (χ4v) is 4.44. The van der Waals surface area contributed by atoms with E-state index in [1.165, 1.54) is 25.7 Å². The molecule has 2 aliphatic rings. The largest absolute Gasteiger partial charge is 0.501 e. The Balaban J connectivity index is 1.38. The number of nitrogens with zero attached hydrogens (tertiary/aromatic N) is 3. The highest BCUT2D eigenvalue weighted by molar-refractivity contribution is 5.90. The quantitative estimate of drug-likeness (QED) is 0.512. The number of unbranched alkanes of at least 4 members (excludes halogenated alkanes) is 1. The van der Waals surface area contributed by atoms with Crippen molar-refractivity contribution in [3.05, 3.63) is 36.4 Å². The molecule has 6 nitrogen and oxygen atoms in total. The second-order valence-electron chi connectivity index (χ2n) is 8.32. The van der Waals surface area contributed by atoms with Crippen LogP contribution in [0, 0.1) is 0 Å². The van der Waals surface area contributed by atoms with Gasteiger partial charge in [-0.3, -0.25) is 4.90 Å². The minimum absolute atomic E-state index is 0.469. The molecule has 1 aliphatic carbocycles. The second kappa shape index (κ2) is 10.7. The number of nitrogens with one attached hydrogen (secondary N) is 1. The molecule has 30 heavy (non-hydrogen) atoms. The molecule has 162 valence electrons. The lowest BCUT2D eigenvalue weighted by atomic mass is 9.90. The van der Waals surface area contributed by atoms with Crippen molar-refractivity contribution in [2.24, 2.45) is 0 Å². The van der Waals surface area contributed by atoms with Crippen LogP contribution >= 0.6 is 0 Å². The van der Waals surface area contributed by atoms with Gasteiger partial charge in [0.15, 0.2) is 0 Å². The Kier molecular flexibility index (Phi) is 7.54. The molecule has 1 saturated heterocycles. The van der Waals surface area contributed by atoms with Gasteiger partial charge in [0.05, 0.1) is 31.6 Å². The molecule has 0 bridgehead atoms. The zero-order valence-corrected chi connectivity index (χ0v) is 18.1. The van der Waals surface area contributed by atoms with E-state index in [1.807, 2.05) is 6.08 Å². The molecular weight excluding hydrogens is 376 g/mol. The summed E-state index contributed by atoms with van der Waals surface area (Å²) in [4.78, 5) is 11.6. The van der Waals surface area contributed by atoms with Crippen molar-refractivity contribution in [2.75, 3.05) is 38.2 Å². The van der Waals surface area contributed by atoms with Crippen LogP contribution in [0.5, 0.6) is 0 Å². The Labute approximate surface area is 179 Å². The molecule has 2 aromatic rings. The van der Waals surface area contributed by atoms with Gasteiger partial charge >= 0.3 is 0 Å². The zero-order chi connectivity index (χ0) is 20.6. The average molecular weight is 411 g/mol. The van der Waals surface area contributed by atoms with Gasteiger partial charge in [-0.1, -0.05) is 19.4 Å². The van der Waals surface area contributed by atoms with Crippen LogP contribution in [-0.4, -0.2) is 59.9 Å². The summed E-state index contributed by atoms with van der Waals surface area (Å²) < 4.78 is 11.1. The van der Waals surface area contributed by atoms with E-state index in [1.54, 1.807) is 12.6 Å². The first-order valence-corrected chi connectivity index (χ1v) is 11.4. The molecule has 0 radical (unpaired) electrons. The topological polar surface area (TPSA) is 59.5 Å². The SMILES string of the molecule is CCCCO/C=C/c1ccc2ncnc(NC3CCC(N4CCOCC4)CC3)c2c1. The predicted molar refractivity (Wildman–Crippen MR) is 121 cm³/mol. The number of rotatable bonds is 8. The molecule has 4 rings (SSSR count). The molecule has 0 amide bonds. The number of fused-ring (bicyclic) bond motifs is 1. The van der Waals surface area contributed by atoms with Gasteiger partial charge < -0.3 is 14.8 Å². The Bertz CT molecular complexity index is 827. The zero-order valence-electron chi connectivity index (χ0n) is 18.1. The third-order valence-electron chi connectivity index (χ3n) is 6.23. The summed E-state index contributed by atoms with van der Waals surface area (Å²) >= 11 is 0. The first-order chi connectivity index (χ1) is 14.8. The third-order valence-corrected chi connectivity index (χ3v) is 6.23. The molecule has 0 unspecified atom stereocenters. The summed E-state index contributed by atoms with van der Waals surface area (Å²) in [6.45, 7) is 6.86. The number of hydrogen-bond acceptors (Lipinski definition) is 6. The van der Waals surface area contributed by atoms with Gasteiger partial charge in [0.25, 0.3) is 0 Å². The van der Waals surface area contributed by atoms with Gasteiger partial charge in [-0.25, -0.2) is 9.97 Å². The summed E-state index contributed by atoms with van der Waals surface area (Å²) in [5, 5.41) is 4.78. The van der Waals surface area contributed by atoms with Crippen LogP contribution in [0.2, 0.25) is 0 Å². The highest BCUT2D eigenvalue weighted by Crippen LogP contribution is 2.28. The minimum atomic E-state index is 0.469. The molecule has 6 heteroatoms. The number of ether oxygens (including phenoxy) is 2. The Morgan fingerprint density at radius 3 is 2.80 bits per heavy atom. The molecule has 1 aromatic heterocycles. The highest BCUT2D eigenvalue weighted by atomic mass is 16.5. The standard InChI is InChI=1S/C24H34N4O2/c1-2-3-13-29-14-10-19-4-9-23-22(17-19)24(26-18-25-23)27-20-5-7-21(8-6-20)28-11-15-30-16-12-28/h4,9-10,14,17-18,20-21H,2-3,5-8,11-13,15-16H2,1H3,(H,25,26,27)/b14-10+. The Hall–Kier alpha value is -2.18. The van der Waals surface area contributed by atoms with Crippen LogP contribution in [0.3, 0.4) is 0 Å². The number of benzene rings is 1. The minimum Gasteiger partial charge on any atom is -0.501 e. The molecule has 2 fully saturated rings. The lowest BCUT2D eigenvalue weighted by molar-refractivity contribution is 0.00791. The average Bonchev–Trinajstić information content (AvgIpc) is 2.80. The van der Waals surface area contributed by atoms with Crippen LogP contribution in [0.1, 0.15) is 51.0 Å². The Morgan fingerprint density at radius 1 is 1.17 bits per heavy atom. The first-order valence-electron chi connectivity index (χ1n) is 11.4. The maximum Gasteiger partial charge on any atom is 0.137 e. The van der Waals surface area contributed by atoms with Gasteiger partial charge in [-0.05, 0) is 55.9 Å². The number of morpholine rings is 1. The lowest BCUT2D eigenvalue weighted by Crippen LogP contribution is -2.46. The summed E-state index contributed by atoms with van der Waals surface area (Å²) in [5.74, 6) is 0.942. The predicted octanol–water partition coefficient (Wildman–Crippen LogP) is 4.47.